The molecule has 212 valence electrons. The quantitative estimate of drug-likeness (QED) is 0.196. The molecule has 0 aliphatic heterocycles. The summed E-state index contributed by atoms with van der Waals surface area (Å²) in [5.41, 5.74) is 2.92. The molecule has 0 radical (unpaired) electrons. The molecule has 0 aromatic heterocycles. The third kappa shape index (κ3) is 13.3. The number of aliphatic hydroxyl groups is 1. The van der Waals surface area contributed by atoms with Gasteiger partial charge in [-0.15, -0.1) is 4.33 Å². The molecule has 0 amide bonds. The Morgan fingerprint density at radius 3 is 1.62 bits per heavy atom. The van der Waals surface area contributed by atoms with Gasteiger partial charge < -0.3 is 14.4 Å². The number of hydrogen-bond donors (Lipinski definition) is 3. The lowest BCUT2D eigenvalue weighted by molar-refractivity contribution is -0.141. The van der Waals surface area contributed by atoms with Crippen LogP contribution in [-0.2, 0) is 18.7 Å². The molecule has 0 saturated heterocycles. The van der Waals surface area contributed by atoms with Crippen molar-refractivity contribution in [3.63, 3.8) is 0 Å². The zero-order valence-corrected chi connectivity index (χ0v) is 25.3. The Labute approximate surface area is 239 Å². The summed E-state index contributed by atoms with van der Waals surface area (Å²) in [6.45, 7) is 1.26. The highest BCUT2D eigenvalue weighted by Crippen LogP contribution is 2.44. The normalized spacial score (nSPS) is 23.3. The van der Waals surface area contributed by atoms with Crippen LogP contribution in [0.4, 0.5) is 0 Å². The van der Waals surface area contributed by atoms with E-state index in [9.17, 15) is 4.21 Å². The minimum Gasteiger partial charge on any atom is -0.396 e. The number of benzene rings is 2. The van der Waals surface area contributed by atoms with Gasteiger partial charge in [0.25, 0.3) is 0 Å². The number of methoxy groups -OCH3 is 1. The van der Waals surface area contributed by atoms with Crippen LogP contribution in [0.15, 0.2) is 57.5 Å². The zero-order chi connectivity index (χ0) is 26.8. The summed E-state index contributed by atoms with van der Waals surface area (Å²) < 4.78 is 29.3. The highest BCUT2D eigenvalue weighted by atomic mass is 79.9. The van der Waals surface area contributed by atoms with Crippen molar-refractivity contribution in [3.8, 4) is 0 Å². The number of rotatable bonds is 8. The van der Waals surface area contributed by atoms with Gasteiger partial charge in [0.1, 0.15) is 9.63 Å². The van der Waals surface area contributed by atoms with Crippen LogP contribution < -0.4 is 0 Å². The molecular weight excluding hydrogens is 624 g/mol. The van der Waals surface area contributed by atoms with Gasteiger partial charge in [-0.3, -0.25) is 0 Å². The van der Waals surface area contributed by atoms with Crippen LogP contribution in [0.1, 0.15) is 68.9 Å². The van der Waals surface area contributed by atoms with E-state index in [0.717, 1.165) is 49.2 Å². The fourth-order valence-corrected chi connectivity index (χ4v) is 5.31. The van der Waals surface area contributed by atoms with E-state index in [1.807, 2.05) is 0 Å². The molecule has 0 bridgehead atoms. The second kappa shape index (κ2) is 15.8. The zero-order valence-electron chi connectivity index (χ0n) is 21.3. The first-order valence-corrected chi connectivity index (χ1v) is 16.5. The second-order valence-electron chi connectivity index (χ2n) is 10.2. The molecule has 9 heteroatoms. The molecule has 6 nitrogen and oxygen atoms in total. The third-order valence-corrected chi connectivity index (χ3v) is 8.00. The summed E-state index contributed by atoms with van der Waals surface area (Å²) in [6.07, 6.45) is 9.16. The molecule has 0 heterocycles. The number of ether oxygens (including phenoxy) is 1. The van der Waals surface area contributed by atoms with Crippen LogP contribution in [0.2, 0.25) is 0 Å². The molecule has 2 fully saturated rings. The molecule has 2 saturated carbocycles. The van der Waals surface area contributed by atoms with E-state index in [1.165, 1.54) is 52.2 Å². The number of halogens is 2. The van der Waals surface area contributed by atoms with Crippen molar-refractivity contribution in [2.24, 2.45) is 11.8 Å². The summed E-state index contributed by atoms with van der Waals surface area (Å²) in [5, 5.41) is 16.4. The summed E-state index contributed by atoms with van der Waals surface area (Å²) in [6, 6.07) is 17.3. The van der Waals surface area contributed by atoms with Gasteiger partial charge in [-0.1, -0.05) is 63.6 Å². The van der Waals surface area contributed by atoms with Crippen LogP contribution in [0.5, 0.6) is 0 Å². The largest absolute Gasteiger partial charge is 0.396 e. The topological polar surface area (TPSA) is 96.2 Å². The molecule has 3 N–H and O–H groups in total. The first-order valence-electron chi connectivity index (χ1n) is 12.2. The van der Waals surface area contributed by atoms with E-state index in [1.54, 1.807) is 7.11 Å². The maximum Gasteiger partial charge on any atom is 0.108 e. The molecule has 4 rings (SSSR count). The van der Waals surface area contributed by atoms with E-state index >= 15 is 0 Å². The molecule has 2 aliphatic rings. The Morgan fingerprint density at radius 2 is 1.30 bits per heavy atom. The monoisotopic (exact) mass is 666 g/mol. The van der Waals surface area contributed by atoms with Crippen LogP contribution >= 0.6 is 31.9 Å². The third-order valence-electron chi connectivity index (χ3n) is 6.59. The maximum absolute atomic E-state index is 10.2. The number of hydrogen-bond acceptors (Lipinski definition) is 5. The lowest BCUT2D eigenvalue weighted by Gasteiger charge is -2.35. The van der Waals surface area contributed by atoms with Gasteiger partial charge in [-0.2, -0.15) is 0 Å². The van der Waals surface area contributed by atoms with Gasteiger partial charge in [0, 0.05) is 41.8 Å². The van der Waals surface area contributed by atoms with E-state index in [2.05, 4.69) is 84.7 Å². The van der Waals surface area contributed by atoms with E-state index < -0.39 is 9.63 Å². The minimum absolute atomic E-state index is 0. The van der Waals surface area contributed by atoms with Crippen molar-refractivity contribution in [3.05, 3.63) is 68.6 Å². The SMILES string of the molecule is C.COCCC1CC(c2cccc(Br)c2)C1.CS(C)(=O)(O)OO.OCCC1CC(c2cccc(Br)c2)C1. The Morgan fingerprint density at radius 1 is 0.892 bits per heavy atom. The van der Waals surface area contributed by atoms with Gasteiger partial charge in [-0.25, -0.2) is 9.47 Å². The van der Waals surface area contributed by atoms with Gasteiger partial charge in [0.15, 0.2) is 0 Å². The molecule has 0 spiro atoms. The fourth-order valence-electron chi connectivity index (χ4n) is 4.48. The average Bonchev–Trinajstić information content (AvgIpc) is 2.75. The molecule has 2 aromatic rings. The van der Waals surface area contributed by atoms with Crippen molar-refractivity contribution in [2.45, 2.75) is 57.8 Å². The molecule has 2 aliphatic carbocycles. The fraction of sp³-hybridized carbons (Fsp3) is 0.571. The van der Waals surface area contributed by atoms with Crippen molar-refractivity contribution in [2.75, 3.05) is 32.8 Å². The van der Waals surface area contributed by atoms with Crippen molar-refractivity contribution >= 4 is 41.5 Å². The van der Waals surface area contributed by atoms with Crippen molar-refractivity contribution in [1.29, 1.82) is 0 Å². The minimum atomic E-state index is -4.06. The Bertz CT molecular complexity index is 989. The highest BCUT2D eigenvalue weighted by molar-refractivity contribution is 9.10. The van der Waals surface area contributed by atoms with Crippen molar-refractivity contribution < 1.29 is 28.2 Å². The smallest absolute Gasteiger partial charge is 0.108 e. The van der Waals surface area contributed by atoms with Crippen LogP contribution in [0.3, 0.4) is 0 Å². The summed E-state index contributed by atoms with van der Waals surface area (Å²) in [7, 11) is -2.28. The molecule has 0 atom stereocenters. The Kier molecular flexibility index (Phi) is 14.7. The summed E-state index contributed by atoms with van der Waals surface area (Å²) in [4.78, 5) is 0. The Balaban J connectivity index is 0.000000292. The van der Waals surface area contributed by atoms with E-state index in [0.29, 0.717) is 6.61 Å². The van der Waals surface area contributed by atoms with Gasteiger partial charge in [0.05, 0.1) is 0 Å². The van der Waals surface area contributed by atoms with Gasteiger partial charge in [0.2, 0.25) is 0 Å². The van der Waals surface area contributed by atoms with Crippen LogP contribution in [0.25, 0.3) is 0 Å². The lowest BCUT2D eigenvalue weighted by Crippen LogP contribution is -2.29. The molecule has 37 heavy (non-hydrogen) atoms. The first-order chi connectivity index (χ1) is 16.9. The molecule has 2 aromatic carbocycles. The van der Waals surface area contributed by atoms with Gasteiger partial charge >= 0.3 is 0 Å². The van der Waals surface area contributed by atoms with Crippen LogP contribution in [-0.4, -0.2) is 52.0 Å². The highest BCUT2D eigenvalue weighted by Gasteiger charge is 2.30. The number of aliphatic hydroxyl groups excluding tert-OH is 1. The Hall–Kier alpha value is -0.650. The summed E-state index contributed by atoms with van der Waals surface area (Å²) in [5.74, 6) is 3.14. The maximum atomic E-state index is 10.2. The predicted octanol–water partition coefficient (Wildman–Crippen LogP) is 7.88. The average molecular weight is 669 g/mol. The molecular formula is C28H44Br2O6S. The van der Waals surface area contributed by atoms with E-state index in [4.69, 9.17) is 19.7 Å². The summed E-state index contributed by atoms with van der Waals surface area (Å²) >= 11 is 7.01. The lowest BCUT2D eigenvalue weighted by atomic mass is 9.70. The van der Waals surface area contributed by atoms with Crippen molar-refractivity contribution in [1.82, 2.24) is 0 Å². The predicted molar refractivity (Wildman–Crippen MR) is 160 cm³/mol. The van der Waals surface area contributed by atoms with E-state index in [-0.39, 0.29) is 7.43 Å². The second-order valence-corrected chi connectivity index (χ2v) is 15.5. The first kappa shape index (κ1) is 34.4. The molecule has 0 unspecified atom stereocenters. The standard InChI is InChI=1S/C13H17BrO.C12H15BrO.C2H8O4S.CH4/c1-15-6-5-10-7-12(8-10)11-3-2-4-13(14)9-11;13-12-3-1-2-10(8-12)11-6-9(7-11)4-5-14;1-7(2,4,5)6-3;/h2-4,9-10,12H,5-8H2,1H3;1-3,8-9,11,14H,4-7H2;3H,1-2H3,(H,4,5);1H4. The van der Waals surface area contributed by atoms with Crippen LogP contribution in [0, 0.1) is 11.8 Å². The van der Waals surface area contributed by atoms with Gasteiger partial charge in [-0.05, 0) is 97.6 Å².